The van der Waals surface area contributed by atoms with Gasteiger partial charge in [-0.15, -0.1) is 11.3 Å². The normalized spacial score (nSPS) is 17.5. The number of nitrogens with zero attached hydrogens (tertiary/aromatic N) is 2. The van der Waals surface area contributed by atoms with Crippen LogP contribution in [-0.2, 0) is 0 Å². The van der Waals surface area contributed by atoms with Gasteiger partial charge < -0.3 is 15.2 Å². The van der Waals surface area contributed by atoms with Crippen molar-refractivity contribution in [2.45, 2.75) is 115 Å². The third-order valence-electron chi connectivity index (χ3n) is 7.72. The molecule has 3 saturated carbocycles. The Bertz CT molecular complexity index is 955. The molecule has 6 nitrogen and oxygen atoms in total. The molecule has 3 fully saturated rings. The zero-order chi connectivity index (χ0) is 26.6. The molecule has 0 bridgehead atoms. The number of unbranched alkanes of at least 4 members (excludes halogenated alkanes) is 7. The molecular formula is C31H47N3O3S. The number of pyridine rings is 1. The maximum atomic E-state index is 10.9. The molecule has 0 amide bonds. The van der Waals surface area contributed by atoms with E-state index < -0.39 is 5.97 Å². The topological polar surface area (TPSA) is 84.3 Å². The maximum absolute atomic E-state index is 10.9. The molecule has 0 spiro atoms. The monoisotopic (exact) mass is 541 g/mol. The molecule has 1 atom stereocenters. The van der Waals surface area contributed by atoms with Gasteiger partial charge in [-0.2, -0.15) is 0 Å². The predicted octanol–water partition coefficient (Wildman–Crippen LogP) is 8.16. The third kappa shape index (κ3) is 10.6. The molecule has 0 saturated heterocycles. The molecule has 3 aliphatic carbocycles. The van der Waals surface area contributed by atoms with Gasteiger partial charge in [0, 0.05) is 17.1 Å². The van der Waals surface area contributed by atoms with Gasteiger partial charge in [0.1, 0.15) is 5.01 Å². The van der Waals surface area contributed by atoms with Crippen molar-refractivity contribution in [2.24, 2.45) is 11.8 Å². The number of carboxylic acids is 1. The lowest BCUT2D eigenvalue weighted by Gasteiger charge is -2.16. The fraction of sp³-hybridized carbons (Fsp3) is 0.710. The summed E-state index contributed by atoms with van der Waals surface area (Å²) in [4.78, 5) is 19.5. The Morgan fingerprint density at radius 1 is 1.03 bits per heavy atom. The van der Waals surface area contributed by atoms with Gasteiger partial charge in [0.15, 0.2) is 5.69 Å². The number of rotatable bonds is 18. The Labute approximate surface area is 233 Å². The summed E-state index contributed by atoms with van der Waals surface area (Å²) in [5.74, 6) is 1.68. The molecule has 38 heavy (non-hydrogen) atoms. The Balaban J connectivity index is 0.000000180. The van der Waals surface area contributed by atoms with Gasteiger partial charge in [0.25, 0.3) is 0 Å². The Morgan fingerprint density at radius 2 is 1.74 bits per heavy atom. The van der Waals surface area contributed by atoms with Crippen molar-refractivity contribution in [3.05, 3.63) is 40.0 Å². The summed E-state index contributed by atoms with van der Waals surface area (Å²) in [6.07, 6.45) is 22.0. The highest BCUT2D eigenvalue weighted by Crippen LogP contribution is 2.44. The SMILES string of the molecule is CCCCCCCCCCN[C@@H](CC1CC1)c1nccs1.O=C(O)c1ccc(C2CC2)c(OCC2CC2)n1. The number of aromatic carboxylic acids is 1. The minimum atomic E-state index is -0.997. The van der Waals surface area contributed by atoms with Crippen molar-refractivity contribution in [1.82, 2.24) is 15.3 Å². The average molecular weight is 542 g/mol. The number of hydrogen-bond donors (Lipinski definition) is 2. The number of aromatic nitrogens is 2. The van der Waals surface area contributed by atoms with E-state index in [-0.39, 0.29) is 5.69 Å². The summed E-state index contributed by atoms with van der Waals surface area (Å²) < 4.78 is 5.68. The van der Waals surface area contributed by atoms with Crippen molar-refractivity contribution in [1.29, 1.82) is 0 Å². The van der Waals surface area contributed by atoms with E-state index in [1.54, 1.807) is 17.4 Å². The highest BCUT2D eigenvalue weighted by molar-refractivity contribution is 7.09. The summed E-state index contributed by atoms with van der Waals surface area (Å²) in [5.41, 5.74) is 1.15. The lowest BCUT2D eigenvalue weighted by atomic mass is 10.1. The quantitative estimate of drug-likeness (QED) is 0.185. The molecular weight excluding hydrogens is 494 g/mol. The van der Waals surface area contributed by atoms with Crippen LogP contribution in [-0.4, -0.2) is 34.2 Å². The molecule has 7 heteroatoms. The third-order valence-corrected chi connectivity index (χ3v) is 8.60. The lowest BCUT2D eigenvalue weighted by Crippen LogP contribution is -2.23. The maximum Gasteiger partial charge on any atom is 0.354 e. The number of nitrogens with one attached hydrogen (secondary N) is 1. The first kappa shape index (κ1) is 29.0. The number of carboxylic acid groups (broad SMARTS) is 1. The summed E-state index contributed by atoms with van der Waals surface area (Å²) >= 11 is 1.81. The van der Waals surface area contributed by atoms with E-state index in [0.29, 0.717) is 30.4 Å². The summed E-state index contributed by atoms with van der Waals surface area (Å²) in [6, 6.07) is 3.94. The Morgan fingerprint density at radius 3 is 2.34 bits per heavy atom. The van der Waals surface area contributed by atoms with Gasteiger partial charge in [-0.25, -0.2) is 14.8 Å². The molecule has 2 N–H and O–H groups in total. The van der Waals surface area contributed by atoms with Crippen molar-refractivity contribution in [3.63, 3.8) is 0 Å². The van der Waals surface area contributed by atoms with E-state index in [2.05, 4.69) is 27.6 Å². The summed E-state index contributed by atoms with van der Waals surface area (Å²) in [7, 11) is 0. The molecule has 2 aromatic heterocycles. The van der Waals surface area contributed by atoms with Crippen LogP contribution in [0.2, 0.25) is 0 Å². The predicted molar refractivity (Wildman–Crippen MR) is 154 cm³/mol. The first-order valence-electron chi connectivity index (χ1n) is 15.1. The van der Waals surface area contributed by atoms with E-state index in [0.717, 1.165) is 30.9 Å². The van der Waals surface area contributed by atoms with E-state index >= 15 is 0 Å². The van der Waals surface area contributed by atoms with Crippen molar-refractivity contribution < 1.29 is 14.6 Å². The number of ether oxygens (including phenoxy) is 1. The van der Waals surface area contributed by atoms with Gasteiger partial charge in [-0.05, 0) is 68.9 Å². The van der Waals surface area contributed by atoms with Gasteiger partial charge in [-0.1, -0.05) is 70.8 Å². The van der Waals surface area contributed by atoms with Crippen LogP contribution in [0, 0.1) is 11.8 Å². The molecule has 0 radical (unpaired) electrons. The lowest BCUT2D eigenvalue weighted by molar-refractivity contribution is 0.0689. The Kier molecular flexibility index (Phi) is 11.9. The average Bonchev–Trinajstić information content (AvgIpc) is 3.81. The van der Waals surface area contributed by atoms with Crippen molar-refractivity contribution in [2.75, 3.05) is 13.2 Å². The summed E-state index contributed by atoms with van der Waals surface area (Å²) in [6.45, 7) is 4.12. The van der Waals surface area contributed by atoms with Gasteiger partial charge >= 0.3 is 5.97 Å². The molecule has 3 aliphatic rings. The first-order chi connectivity index (χ1) is 18.6. The first-order valence-corrected chi connectivity index (χ1v) is 16.0. The molecule has 0 aromatic carbocycles. The Hall–Kier alpha value is -1.99. The summed E-state index contributed by atoms with van der Waals surface area (Å²) in [5, 5.41) is 16.1. The van der Waals surface area contributed by atoms with E-state index in [4.69, 9.17) is 9.84 Å². The van der Waals surface area contributed by atoms with Crippen LogP contribution in [0.3, 0.4) is 0 Å². The zero-order valence-corrected chi connectivity index (χ0v) is 24.0. The smallest absolute Gasteiger partial charge is 0.354 e. The molecule has 210 valence electrons. The number of thiazole rings is 1. The van der Waals surface area contributed by atoms with Crippen LogP contribution in [0.25, 0.3) is 0 Å². The van der Waals surface area contributed by atoms with Crippen LogP contribution >= 0.6 is 11.3 Å². The van der Waals surface area contributed by atoms with Gasteiger partial charge in [0.05, 0.1) is 12.6 Å². The fourth-order valence-electron chi connectivity index (χ4n) is 4.77. The zero-order valence-electron chi connectivity index (χ0n) is 23.2. The molecule has 2 heterocycles. The molecule has 0 aliphatic heterocycles. The second-order valence-electron chi connectivity index (χ2n) is 11.5. The van der Waals surface area contributed by atoms with E-state index in [1.165, 1.54) is 88.5 Å². The minimum absolute atomic E-state index is 0.0696. The standard InChI is InChI=1S/C18H32N2S.C13H15NO3/c1-2-3-4-5-6-7-8-9-12-19-17(15-16-10-11-16)18-20-13-14-21-18;15-13(16)11-6-5-10(9-3-4-9)12(14-11)17-7-8-1-2-8/h13-14,16-17,19H,2-12,15H2,1H3;5-6,8-9H,1-4,7H2,(H,15,16)/t17-;/m0./s1. The highest BCUT2D eigenvalue weighted by atomic mass is 32.1. The van der Waals surface area contributed by atoms with Crippen molar-refractivity contribution >= 4 is 17.3 Å². The van der Waals surface area contributed by atoms with Crippen LogP contribution in [0.15, 0.2) is 23.7 Å². The van der Waals surface area contributed by atoms with Crippen molar-refractivity contribution in [3.8, 4) is 5.88 Å². The van der Waals surface area contributed by atoms with Crippen LogP contribution in [0.4, 0.5) is 0 Å². The van der Waals surface area contributed by atoms with Crippen LogP contribution < -0.4 is 10.1 Å². The number of carbonyl (C=O) groups is 1. The number of hydrogen-bond acceptors (Lipinski definition) is 6. The van der Waals surface area contributed by atoms with Gasteiger partial charge in [-0.3, -0.25) is 0 Å². The molecule has 2 aromatic rings. The molecule has 5 rings (SSSR count). The van der Waals surface area contributed by atoms with E-state index in [9.17, 15) is 4.79 Å². The second-order valence-corrected chi connectivity index (χ2v) is 12.4. The van der Waals surface area contributed by atoms with Gasteiger partial charge in [0.2, 0.25) is 5.88 Å². The fourth-order valence-corrected chi connectivity index (χ4v) is 5.50. The van der Waals surface area contributed by atoms with Crippen LogP contribution in [0.5, 0.6) is 5.88 Å². The highest BCUT2D eigenvalue weighted by Gasteiger charge is 2.30. The molecule has 0 unspecified atom stereocenters. The largest absolute Gasteiger partial charge is 0.477 e. The minimum Gasteiger partial charge on any atom is -0.477 e. The second kappa shape index (κ2) is 15.6. The van der Waals surface area contributed by atoms with E-state index in [1.807, 2.05) is 12.3 Å². The van der Waals surface area contributed by atoms with Crippen LogP contribution in [0.1, 0.15) is 136 Å².